The van der Waals surface area contributed by atoms with Gasteiger partial charge >= 0.3 is 5.97 Å². The smallest absolute Gasteiger partial charge is 0.338 e. The number of hydrogen-bond acceptors (Lipinski definition) is 6. The van der Waals surface area contributed by atoms with Crippen molar-refractivity contribution in [2.45, 2.75) is 4.90 Å². The molecule has 0 aliphatic carbocycles. The minimum absolute atomic E-state index is 0.0719. The van der Waals surface area contributed by atoms with Crippen LogP contribution in [0.4, 0.5) is 5.69 Å². The maximum atomic E-state index is 12.8. The Morgan fingerprint density at radius 3 is 2.26 bits per heavy atom. The van der Waals surface area contributed by atoms with Gasteiger partial charge in [-0.05, 0) is 41.5 Å². The molecule has 1 N–H and O–H groups in total. The maximum absolute atomic E-state index is 12.8. The fourth-order valence-electron chi connectivity index (χ4n) is 3.51. The van der Waals surface area contributed by atoms with Crippen LogP contribution in [0.3, 0.4) is 0 Å². The van der Waals surface area contributed by atoms with E-state index >= 15 is 0 Å². The molecule has 1 saturated heterocycles. The number of nitrogens with one attached hydrogen (secondary N) is 1. The van der Waals surface area contributed by atoms with Crippen LogP contribution in [0.2, 0.25) is 0 Å². The highest BCUT2D eigenvalue weighted by Gasteiger charge is 2.26. The van der Waals surface area contributed by atoms with Crippen LogP contribution < -0.4 is 5.32 Å². The molecule has 0 bridgehead atoms. The van der Waals surface area contributed by atoms with Crippen LogP contribution in [0.15, 0.2) is 83.8 Å². The summed E-state index contributed by atoms with van der Waals surface area (Å²) < 4.78 is 37.3. The molecule has 3 aromatic carbocycles. The quantitative estimate of drug-likeness (QED) is 0.521. The van der Waals surface area contributed by atoms with Crippen molar-refractivity contribution >= 4 is 27.6 Å². The van der Waals surface area contributed by atoms with Gasteiger partial charge in [-0.2, -0.15) is 4.31 Å². The van der Waals surface area contributed by atoms with E-state index in [1.807, 2.05) is 42.5 Å². The molecule has 1 aliphatic rings. The van der Waals surface area contributed by atoms with Crippen molar-refractivity contribution in [3.63, 3.8) is 0 Å². The molecule has 0 radical (unpaired) electrons. The highest BCUT2D eigenvalue weighted by Crippen LogP contribution is 2.21. The van der Waals surface area contributed by atoms with Crippen LogP contribution >= 0.6 is 0 Å². The summed E-state index contributed by atoms with van der Waals surface area (Å²) in [5, 5.41) is 2.57. The Morgan fingerprint density at radius 1 is 0.882 bits per heavy atom. The lowest BCUT2D eigenvalue weighted by molar-refractivity contribution is -0.119. The van der Waals surface area contributed by atoms with Crippen LogP contribution in [-0.4, -0.2) is 57.5 Å². The number of sulfonamides is 1. The van der Waals surface area contributed by atoms with E-state index in [1.165, 1.54) is 16.4 Å². The number of morpholine rings is 1. The van der Waals surface area contributed by atoms with E-state index in [0.29, 0.717) is 24.5 Å². The average Bonchev–Trinajstić information content (AvgIpc) is 2.88. The number of hydrogen-bond donors (Lipinski definition) is 1. The molecular formula is C25H24N2O6S. The van der Waals surface area contributed by atoms with Gasteiger partial charge in [-0.15, -0.1) is 0 Å². The molecule has 176 valence electrons. The van der Waals surface area contributed by atoms with E-state index < -0.39 is 28.5 Å². The first-order chi connectivity index (χ1) is 16.4. The number of carbonyl (C=O) groups excluding carboxylic acids is 2. The number of ether oxygens (including phenoxy) is 2. The highest BCUT2D eigenvalue weighted by atomic mass is 32.2. The van der Waals surface area contributed by atoms with Gasteiger partial charge in [-0.3, -0.25) is 4.79 Å². The normalized spacial score (nSPS) is 14.4. The van der Waals surface area contributed by atoms with Gasteiger partial charge < -0.3 is 14.8 Å². The second kappa shape index (κ2) is 10.6. The Morgan fingerprint density at radius 2 is 1.56 bits per heavy atom. The number of amides is 1. The molecule has 0 aromatic heterocycles. The first-order valence-corrected chi connectivity index (χ1v) is 12.2. The van der Waals surface area contributed by atoms with Gasteiger partial charge in [-0.1, -0.05) is 48.5 Å². The average molecular weight is 481 g/mol. The summed E-state index contributed by atoms with van der Waals surface area (Å²) in [4.78, 5) is 24.7. The number of nitrogens with zero attached hydrogens (tertiary/aromatic N) is 1. The Labute approximate surface area is 198 Å². The fraction of sp³-hybridized carbons (Fsp3) is 0.200. The molecule has 0 spiro atoms. The Hall–Kier alpha value is -3.53. The zero-order chi connectivity index (χ0) is 24.0. The lowest BCUT2D eigenvalue weighted by atomic mass is 10.0. The third-order valence-electron chi connectivity index (χ3n) is 5.29. The van der Waals surface area contributed by atoms with Crippen LogP contribution in [0.5, 0.6) is 0 Å². The third-order valence-corrected chi connectivity index (χ3v) is 7.18. The largest absolute Gasteiger partial charge is 0.452 e. The van der Waals surface area contributed by atoms with Gasteiger partial charge in [0.25, 0.3) is 5.91 Å². The van der Waals surface area contributed by atoms with Crippen molar-refractivity contribution in [1.29, 1.82) is 0 Å². The van der Waals surface area contributed by atoms with Gasteiger partial charge in [0.2, 0.25) is 10.0 Å². The Balaban J connectivity index is 1.33. The fourth-order valence-corrected chi connectivity index (χ4v) is 4.97. The molecule has 8 nitrogen and oxygen atoms in total. The van der Waals surface area contributed by atoms with Crippen molar-refractivity contribution in [3.8, 4) is 11.1 Å². The maximum Gasteiger partial charge on any atom is 0.338 e. The molecule has 0 unspecified atom stereocenters. The second-order valence-corrected chi connectivity index (χ2v) is 9.55. The number of anilines is 1. The molecule has 3 aromatic rings. The zero-order valence-corrected chi connectivity index (χ0v) is 19.2. The lowest BCUT2D eigenvalue weighted by Gasteiger charge is -2.26. The Bertz CT molecular complexity index is 1250. The summed E-state index contributed by atoms with van der Waals surface area (Å²) in [6.07, 6.45) is 0. The van der Waals surface area contributed by atoms with Gasteiger partial charge in [0, 0.05) is 18.8 Å². The predicted molar refractivity (Wildman–Crippen MR) is 127 cm³/mol. The summed E-state index contributed by atoms with van der Waals surface area (Å²) in [5.74, 6) is -1.20. The summed E-state index contributed by atoms with van der Waals surface area (Å²) in [6, 6.07) is 22.6. The third kappa shape index (κ3) is 5.69. The molecule has 1 fully saturated rings. The lowest BCUT2D eigenvalue weighted by Crippen LogP contribution is -2.40. The van der Waals surface area contributed by atoms with Crippen molar-refractivity contribution in [2.24, 2.45) is 0 Å². The van der Waals surface area contributed by atoms with E-state index in [2.05, 4.69) is 5.32 Å². The SMILES string of the molecule is O=C(COC(=O)c1ccc(-c2ccccc2)cc1)Nc1cccc(S(=O)(=O)N2CCOCC2)c1. The first kappa shape index (κ1) is 23.6. The minimum Gasteiger partial charge on any atom is -0.452 e. The van der Waals surface area contributed by atoms with Crippen LogP contribution in [-0.2, 0) is 24.3 Å². The second-order valence-electron chi connectivity index (χ2n) is 7.61. The number of esters is 1. The van der Waals surface area contributed by atoms with E-state index in [1.54, 1.807) is 24.3 Å². The summed E-state index contributed by atoms with van der Waals surface area (Å²) in [5.41, 5.74) is 2.61. The van der Waals surface area contributed by atoms with E-state index in [9.17, 15) is 18.0 Å². The monoisotopic (exact) mass is 480 g/mol. The van der Waals surface area contributed by atoms with Gasteiger partial charge in [0.05, 0.1) is 23.7 Å². The van der Waals surface area contributed by atoms with Crippen molar-refractivity contribution < 1.29 is 27.5 Å². The van der Waals surface area contributed by atoms with Crippen molar-refractivity contribution in [2.75, 3.05) is 38.2 Å². The first-order valence-electron chi connectivity index (χ1n) is 10.7. The van der Waals surface area contributed by atoms with Crippen LogP contribution in [0, 0.1) is 0 Å². The summed E-state index contributed by atoms with van der Waals surface area (Å²) in [6.45, 7) is 0.744. The van der Waals surface area contributed by atoms with Gasteiger partial charge in [0.15, 0.2) is 6.61 Å². The zero-order valence-electron chi connectivity index (χ0n) is 18.3. The molecule has 1 aliphatic heterocycles. The molecule has 1 amide bonds. The van der Waals surface area contributed by atoms with Gasteiger partial charge in [0.1, 0.15) is 0 Å². The molecule has 0 saturated carbocycles. The van der Waals surface area contributed by atoms with E-state index in [4.69, 9.17) is 9.47 Å². The van der Waals surface area contributed by atoms with Crippen molar-refractivity contribution in [1.82, 2.24) is 4.31 Å². The molecule has 1 heterocycles. The molecule has 0 atom stereocenters. The molecule has 4 rings (SSSR count). The molecule has 9 heteroatoms. The summed E-state index contributed by atoms with van der Waals surface area (Å²) in [7, 11) is -3.69. The summed E-state index contributed by atoms with van der Waals surface area (Å²) >= 11 is 0. The van der Waals surface area contributed by atoms with Crippen LogP contribution in [0.1, 0.15) is 10.4 Å². The van der Waals surface area contributed by atoms with Crippen LogP contribution in [0.25, 0.3) is 11.1 Å². The number of carbonyl (C=O) groups is 2. The van der Waals surface area contributed by atoms with Crippen molar-refractivity contribution in [3.05, 3.63) is 84.4 Å². The highest BCUT2D eigenvalue weighted by molar-refractivity contribution is 7.89. The molecule has 34 heavy (non-hydrogen) atoms. The van der Waals surface area contributed by atoms with Gasteiger partial charge in [-0.25, -0.2) is 13.2 Å². The number of rotatable bonds is 7. The predicted octanol–water partition coefficient (Wildman–Crippen LogP) is 3.17. The number of benzene rings is 3. The minimum atomic E-state index is -3.69. The Kier molecular flexibility index (Phi) is 7.36. The van der Waals surface area contributed by atoms with E-state index in [0.717, 1.165) is 11.1 Å². The van der Waals surface area contributed by atoms with E-state index in [-0.39, 0.29) is 18.0 Å². The topological polar surface area (TPSA) is 102 Å². The standard InChI is InChI=1S/C25H24N2O6S/c28-24(18-33-25(29)21-11-9-20(10-12-21)19-5-2-1-3-6-19)26-22-7-4-8-23(17-22)34(30,31)27-13-15-32-16-14-27/h1-12,17H,13-16,18H2,(H,26,28). The molecular weight excluding hydrogens is 456 g/mol.